The van der Waals surface area contributed by atoms with Gasteiger partial charge in [0.05, 0.1) is 0 Å². The van der Waals surface area contributed by atoms with Crippen molar-refractivity contribution in [3.05, 3.63) is 12.2 Å². The molecule has 0 aromatic rings. The SMILES string of the molecule is FC1C2CC(C3C4C=CC(C4)C23)C1(F)F. The van der Waals surface area contributed by atoms with Gasteiger partial charge in [0.1, 0.15) is 0 Å². The topological polar surface area (TPSA) is 0 Å². The summed E-state index contributed by atoms with van der Waals surface area (Å²) in [6.07, 6.45) is 3.80. The number of rotatable bonds is 0. The van der Waals surface area contributed by atoms with Gasteiger partial charge < -0.3 is 0 Å². The van der Waals surface area contributed by atoms with Gasteiger partial charge in [0, 0.05) is 11.8 Å². The molecule has 0 nitrogen and oxygen atoms in total. The van der Waals surface area contributed by atoms with Crippen LogP contribution in [0.4, 0.5) is 13.2 Å². The summed E-state index contributed by atoms with van der Waals surface area (Å²) < 4.78 is 40.8. The molecule has 4 bridgehead atoms. The van der Waals surface area contributed by atoms with E-state index < -0.39 is 18.0 Å². The predicted octanol–water partition coefficient (Wildman–Crippen LogP) is 3.05. The van der Waals surface area contributed by atoms with E-state index in [4.69, 9.17) is 0 Å². The Balaban J connectivity index is 1.80. The molecule has 0 aromatic heterocycles. The molecule has 0 aromatic carbocycles. The van der Waals surface area contributed by atoms with Gasteiger partial charge in [0.15, 0.2) is 6.17 Å². The van der Waals surface area contributed by atoms with Gasteiger partial charge >= 0.3 is 0 Å². The Kier molecular flexibility index (Phi) is 1.32. The van der Waals surface area contributed by atoms with Crippen molar-refractivity contribution in [1.29, 1.82) is 0 Å². The Hall–Kier alpha value is -0.470. The van der Waals surface area contributed by atoms with Gasteiger partial charge in [-0.1, -0.05) is 12.2 Å². The van der Waals surface area contributed by atoms with E-state index in [-0.39, 0.29) is 17.8 Å². The zero-order chi connectivity index (χ0) is 10.4. The van der Waals surface area contributed by atoms with Crippen LogP contribution in [0.5, 0.6) is 0 Å². The fourth-order valence-electron chi connectivity index (χ4n) is 4.89. The third-order valence-electron chi connectivity index (χ3n) is 5.31. The van der Waals surface area contributed by atoms with Crippen LogP contribution in [0.1, 0.15) is 12.8 Å². The van der Waals surface area contributed by atoms with E-state index in [1.54, 1.807) is 0 Å². The Morgan fingerprint density at radius 1 is 1.00 bits per heavy atom. The molecule has 7 atom stereocenters. The molecule has 4 rings (SSSR count). The molecule has 3 saturated carbocycles. The van der Waals surface area contributed by atoms with Crippen LogP contribution >= 0.6 is 0 Å². The number of hydrogen-bond donors (Lipinski definition) is 0. The zero-order valence-electron chi connectivity index (χ0n) is 8.24. The minimum atomic E-state index is -3.04. The van der Waals surface area contributed by atoms with Crippen LogP contribution in [0.2, 0.25) is 0 Å². The second-order valence-corrected chi connectivity index (χ2v) is 5.69. The predicted molar refractivity (Wildman–Crippen MR) is 49.2 cm³/mol. The summed E-state index contributed by atoms with van der Waals surface area (Å²) in [6.45, 7) is 0. The van der Waals surface area contributed by atoms with Crippen LogP contribution in [-0.2, 0) is 0 Å². The quantitative estimate of drug-likeness (QED) is 0.429. The first-order valence-electron chi connectivity index (χ1n) is 5.81. The summed E-state index contributed by atoms with van der Waals surface area (Å²) in [5.41, 5.74) is 0. The normalized spacial score (nSPS) is 62.7. The van der Waals surface area contributed by atoms with E-state index in [1.807, 2.05) is 0 Å². The van der Waals surface area contributed by atoms with E-state index >= 15 is 0 Å². The molecular weight excluding hydrogens is 201 g/mol. The molecule has 0 heterocycles. The second-order valence-electron chi connectivity index (χ2n) is 5.69. The van der Waals surface area contributed by atoms with Gasteiger partial charge in [-0.3, -0.25) is 0 Å². The van der Waals surface area contributed by atoms with Crippen LogP contribution in [0, 0.1) is 35.5 Å². The van der Waals surface area contributed by atoms with Gasteiger partial charge in [0.25, 0.3) is 5.92 Å². The minimum Gasteiger partial charge on any atom is -0.241 e. The first kappa shape index (κ1) is 8.66. The third-order valence-corrected chi connectivity index (χ3v) is 5.31. The van der Waals surface area contributed by atoms with Crippen LogP contribution in [0.3, 0.4) is 0 Å². The average molecular weight is 214 g/mol. The van der Waals surface area contributed by atoms with E-state index in [0.717, 1.165) is 6.42 Å². The smallest absolute Gasteiger partial charge is 0.241 e. The maximum Gasteiger partial charge on any atom is 0.282 e. The Labute approximate surface area is 86.5 Å². The molecule has 4 aliphatic carbocycles. The molecule has 7 unspecified atom stereocenters. The summed E-state index contributed by atoms with van der Waals surface area (Å²) in [5, 5.41) is 0. The first-order valence-corrected chi connectivity index (χ1v) is 5.81. The third kappa shape index (κ3) is 0.764. The summed E-state index contributed by atoms with van der Waals surface area (Å²) in [6, 6.07) is 0. The molecule has 4 aliphatic rings. The lowest BCUT2D eigenvalue weighted by molar-refractivity contribution is -0.140. The number of allylic oxidation sites excluding steroid dienone is 2. The van der Waals surface area contributed by atoms with Gasteiger partial charge in [-0.05, 0) is 36.5 Å². The van der Waals surface area contributed by atoms with Crippen LogP contribution in [0.15, 0.2) is 12.2 Å². The van der Waals surface area contributed by atoms with Gasteiger partial charge in [-0.2, -0.15) is 0 Å². The molecule has 3 fully saturated rings. The minimum absolute atomic E-state index is 0.0898. The van der Waals surface area contributed by atoms with Crippen LogP contribution in [0.25, 0.3) is 0 Å². The zero-order valence-corrected chi connectivity index (χ0v) is 8.24. The van der Waals surface area contributed by atoms with E-state index in [2.05, 4.69) is 12.2 Å². The lowest BCUT2D eigenvalue weighted by atomic mass is 9.71. The summed E-state index contributed by atoms with van der Waals surface area (Å²) >= 11 is 0. The average Bonchev–Trinajstić information content (AvgIpc) is 2.88. The highest BCUT2D eigenvalue weighted by molar-refractivity contribution is 5.24. The fraction of sp³-hybridized carbons (Fsp3) is 0.833. The number of fused-ring (bicyclic) bond motifs is 9. The largest absolute Gasteiger partial charge is 0.282 e. The molecule has 0 aliphatic heterocycles. The maximum atomic E-state index is 13.6. The molecule has 0 spiro atoms. The molecule has 15 heavy (non-hydrogen) atoms. The van der Waals surface area contributed by atoms with Gasteiger partial charge in [-0.15, -0.1) is 0 Å². The van der Waals surface area contributed by atoms with Crippen molar-refractivity contribution in [2.45, 2.75) is 24.9 Å². The maximum absolute atomic E-state index is 13.6. The molecule has 0 amide bonds. The lowest BCUT2D eigenvalue weighted by Gasteiger charge is -2.38. The summed E-state index contributed by atoms with van der Waals surface area (Å²) in [4.78, 5) is 0. The van der Waals surface area contributed by atoms with Crippen molar-refractivity contribution >= 4 is 0 Å². The Morgan fingerprint density at radius 2 is 1.67 bits per heavy atom. The molecule has 3 heteroatoms. The lowest BCUT2D eigenvalue weighted by Crippen LogP contribution is -2.46. The highest BCUT2D eigenvalue weighted by atomic mass is 19.3. The highest BCUT2D eigenvalue weighted by Crippen LogP contribution is 2.69. The van der Waals surface area contributed by atoms with E-state index in [1.165, 1.54) is 0 Å². The highest BCUT2D eigenvalue weighted by Gasteiger charge is 2.72. The molecule has 0 radical (unpaired) electrons. The van der Waals surface area contributed by atoms with Gasteiger partial charge in [0.2, 0.25) is 0 Å². The van der Waals surface area contributed by atoms with Crippen molar-refractivity contribution in [3.63, 3.8) is 0 Å². The summed E-state index contributed by atoms with van der Waals surface area (Å²) in [7, 11) is 0. The van der Waals surface area contributed by atoms with Crippen LogP contribution in [-0.4, -0.2) is 12.1 Å². The van der Waals surface area contributed by atoms with Crippen molar-refractivity contribution < 1.29 is 13.2 Å². The fourth-order valence-corrected chi connectivity index (χ4v) is 4.89. The number of alkyl halides is 3. The number of halogens is 3. The van der Waals surface area contributed by atoms with Crippen LogP contribution < -0.4 is 0 Å². The number of hydrogen-bond acceptors (Lipinski definition) is 0. The van der Waals surface area contributed by atoms with Gasteiger partial charge in [-0.25, -0.2) is 13.2 Å². The standard InChI is InChI=1S/C12H13F3/c13-11-7-4-8(12(11,14)15)10-6-2-1-5(3-6)9(7)10/h1-2,5-11H,3-4H2. The van der Waals surface area contributed by atoms with Crippen molar-refractivity contribution in [3.8, 4) is 0 Å². The molecule has 0 saturated heterocycles. The van der Waals surface area contributed by atoms with Crippen molar-refractivity contribution in [2.75, 3.05) is 0 Å². The van der Waals surface area contributed by atoms with E-state index in [0.29, 0.717) is 18.3 Å². The molecular formula is C12H13F3. The van der Waals surface area contributed by atoms with Crippen molar-refractivity contribution in [2.24, 2.45) is 35.5 Å². The van der Waals surface area contributed by atoms with Crippen molar-refractivity contribution in [1.82, 2.24) is 0 Å². The molecule has 82 valence electrons. The first-order chi connectivity index (χ1) is 7.10. The summed E-state index contributed by atoms with van der Waals surface area (Å²) in [5.74, 6) is -2.99. The molecule has 0 N–H and O–H groups in total. The van der Waals surface area contributed by atoms with E-state index in [9.17, 15) is 13.2 Å². The second kappa shape index (κ2) is 2.28. The monoisotopic (exact) mass is 214 g/mol. The Morgan fingerprint density at radius 3 is 2.40 bits per heavy atom. The Bertz CT molecular complexity index is 349.